The number of likely N-dealkylation sites (tertiary alicyclic amines) is 1. The van der Waals surface area contributed by atoms with Crippen molar-refractivity contribution in [3.8, 4) is 0 Å². The lowest BCUT2D eigenvalue weighted by molar-refractivity contribution is -0.134. The summed E-state index contributed by atoms with van der Waals surface area (Å²) in [6.07, 6.45) is 0. The summed E-state index contributed by atoms with van der Waals surface area (Å²) in [5.74, 6) is 1.18. The first kappa shape index (κ1) is 13.3. The van der Waals surface area contributed by atoms with Crippen LogP contribution in [0.5, 0.6) is 0 Å². The van der Waals surface area contributed by atoms with Crippen molar-refractivity contribution in [1.29, 1.82) is 0 Å². The summed E-state index contributed by atoms with van der Waals surface area (Å²) in [4.78, 5) is 25.6. The highest BCUT2D eigenvalue weighted by atomic mass is 16.2. The third-order valence-corrected chi connectivity index (χ3v) is 3.82. The number of fused-ring (bicyclic) bond motifs is 1. The molecular weight excluding hydrogens is 230 g/mol. The van der Waals surface area contributed by atoms with Crippen LogP contribution in [0.2, 0.25) is 0 Å². The molecule has 5 nitrogen and oxygen atoms in total. The normalized spacial score (nSPS) is 27.2. The first-order valence-electron chi connectivity index (χ1n) is 6.64. The summed E-state index contributed by atoms with van der Waals surface area (Å²) in [7, 11) is 0. The monoisotopic (exact) mass is 253 g/mol. The van der Waals surface area contributed by atoms with Gasteiger partial charge in [0, 0.05) is 31.6 Å². The second kappa shape index (κ2) is 4.88. The van der Waals surface area contributed by atoms with Gasteiger partial charge >= 0.3 is 0 Å². The summed E-state index contributed by atoms with van der Waals surface area (Å²) in [6, 6.07) is 0. The lowest BCUT2D eigenvalue weighted by Gasteiger charge is -2.21. The molecule has 2 N–H and O–H groups in total. The van der Waals surface area contributed by atoms with Gasteiger partial charge in [-0.2, -0.15) is 0 Å². The number of amides is 2. The fraction of sp³-hybridized carbons (Fsp3) is 0.846. The van der Waals surface area contributed by atoms with Gasteiger partial charge < -0.3 is 15.5 Å². The van der Waals surface area contributed by atoms with Crippen LogP contribution in [0.4, 0.5) is 0 Å². The van der Waals surface area contributed by atoms with E-state index in [-0.39, 0.29) is 18.4 Å². The molecule has 2 fully saturated rings. The van der Waals surface area contributed by atoms with Crippen LogP contribution in [-0.2, 0) is 9.59 Å². The van der Waals surface area contributed by atoms with E-state index in [1.54, 1.807) is 0 Å². The molecule has 18 heavy (non-hydrogen) atoms. The first-order valence-corrected chi connectivity index (χ1v) is 6.64. The maximum absolute atomic E-state index is 12.0. The summed E-state index contributed by atoms with van der Waals surface area (Å²) in [5, 5.41) is 6.07. The summed E-state index contributed by atoms with van der Waals surface area (Å²) in [5.41, 5.74) is -0.439. The Balaban J connectivity index is 1.78. The Morgan fingerprint density at radius 2 is 1.78 bits per heavy atom. The molecule has 5 heteroatoms. The van der Waals surface area contributed by atoms with Crippen molar-refractivity contribution >= 4 is 11.8 Å². The predicted octanol–water partition coefficient (Wildman–Crippen LogP) is -0.173. The molecule has 0 bridgehead atoms. The van der Waals surface area contributed by atoms with Crippen molar-refractivity contribution in [2.75, 3.05) is 32.7 Å². The highest BCUT2D eigenvalue weighted by molar-refractivity contribution is 5.87. The standard InChI is InChI=1S/C13H23N3O2/c1-13(2,3)12(18)15-6-11(17)16-7-9-4-14-5-10(9)8-16/h9-10,14H,4-8H2,1-3H3,(H,15,18)/t9-,10+. The zero-order valence-corrected chi connectivity index (χ0v) is 11.5. The maximum atomic E-state index is 12.0. The highest BCUT2D eigenvalue weighted by Gasteiger charge is 2.38. The van der Waals surface area contributed by atoms with Crippen molar-refractivity contribution < 1.29 is 9.59 Å². The topological polar surface area (TPSA) is 61.4 Å². The van der Waals surface area contributed by atoms with Gasteiger partial charge in [-0.1, -0.05) is 20.8 Å². The van der Waals surface area contributed by atoms with E-state index in [0.29, 0.717) is 11.8 Å². The van der Waals surface area contributed by atoms with Crippen LogP contribution < -0.4 is 10.6 Å². The van der Waals surface area contributed by atoms with Gasteiger partial charge in [0.25, 0.3) is 0 Å². The van der Waals surface area contributed by atoms with E-state index in [0.717, 1.165) is 26.2 Å². The molecule has 2 heterocycles. The third kappa shape index (κ3) is 2.83. The van der Waals surface area contributed by atoms with Gasteiger partial charge in [-0.25, -0.2) is 0 Å². The molecule has 2 aliphatic heterocycles. The van der Waals surface area contributed by atoms with E-state index >= 15 is 0 Å². The molecule has 0 radical (unpaired) electrons. The van der Waals surface area contributed by atoms with Crippen LogP contribution in [0.25, 0.3) is 0 Å². The molecule has 102 valence electrons. The average molecular weight is 253 g/mol. The fourth-order valence-corrected chi connectivity index (χ4v) is 2.59. The SMILES string of the molecule is CC(C)(C)C(=O)NCC(=O)N1C[C@H]2CNC[C@H]2C1. The Morgan fingerprint density at radius 3 is 2.28 bits per heavy atom. The second-order valence-corrected chi connectivity index (χ2v) is 6.41. The average Bonchev–Trinajstić information content (AvgIpc) is 2.83. The van der Waals surface area contributed by atoms with E-state index in [4.69, 9.17) is 0 Å². The number of nitrogens with zero attached hydrogens (tertiary/aromatic N) is 1. The molecular formula is C13H23N3O2. The molecule has 0 saturated carbocycles. The van der Waals surface area contributed by atoms with Gasteiger partial charge in [0.05, 0.1) is 6.54 Å². The van der Waals surface area contributed by atoms with E-state index < -0.39 is 5.41 Å². The van der Waals surface area contributed by atoms with Crippen molar-refractivity contribution in [2.24, 2.45) is 17.3 Å². The number of hydrogen-bond donors (Lipinski definition) is 2. The largest absolute Gasteiger partial charge is 0.347 e. The summed E-state index contributed by atoms with van der Waals surface area (Å²) >= 11 is 0. The first-order chi connectivity index (χ1) is 8.38. The van der Waals surface area contributed by atoms with Crippen LogP contribution in [0.15, 0.2) is 0 Å². The van der Waals surface area contributed by atoms with E-state index in [2.05, 4.69) is 10.6 Å². The number of carbonyl (C=O) groups is 2. The Hall–Kier alpha value is -1.10. The predicted molar refractivity (Wildman–Crippen MR) is 68.9 cm³/mol. The molecule has 2 amide bonds. The van der Waals surface area contributed by atoms with Crippen LogP contribution in [-0.4, -0.2) is 49.4 Å². The van der Waals surface area contributed by atoms with Gasteiger partial charge in [0.15, 0.2) is 0 Å². The van der Waals surface area contributed by atoms with Crippen molar-refractivity contribution in [3.05, 3.63) is 0 Å². The van der Waals surface area contributed by atoms with Gasteiger partial charge in [-0.3, -0.25) is 9.59 Å². The van der Waals surface area contributed by atoms with E-state index in [9.17, 15) is 9.59 Å². The van der Waals surface area contributed by atoms with Gasteiger partial charge in [-0.05, 0) is 11.8 Å². The van der Waals surface area contributed by atoms with E-state index in [1.807, 2.05) is 25.7 Å². The minimum Gasteiger partial charge on any atom is -0.347 e. The fourth-order valence-electron chi connectivity index (χ4n) is 2.59. The Labute approximate surface area is 108 Å². The Bertz CT molecular complexity index is 337. The van der Waals surface area contributed by atoms with E-state index in [1.165, 1.54) is 0 Å². The van der Waals surface area contributed by atoms with Gasteiger partial charge in [-0.15, -0.1) is 0 Å². The van der Waals surface area contributed by atoms with Crippen molar-refractivity contribution in [2.45, 2.75) is 20.8 Å². The molecule has 0 spiro atoms. The smallest absolute Gasteiger partial charge is 0.241 e. The van der Waals surface area contributed by atoms with Crippen LogP contribution >= 0.6 is 0 Å². The minimum atomic E-state index is -0.439. The van der Waals surface area contributed by atoms with Crippen LogP contribution in [0.3, 0.4) is 0 Å². The van der Waals surface area contributed by atoms with Crippen LogP contribution in [0.1, 0.15) is 20.8 Å². The molecule has 0 aliphatic carbocycles. The Morgan fingerprint density at radius 1 is 1.22 bits per heavy atom. The molecule has 0 aromatic rings. The molecule has 0 aromatic carbocycles. The summed E-state index contributed by atoms with van der Waals surface area (Å²) < 4.78 is 0. The molecule has 2 aliphatic rings. The molecule has 2 atom stereocenters. The third-order valence-electron chi connectivity index (χ3n) is 3.82. The maximum Gasteiger partial charge on any atom is 0.241 e. The lowest BCUT2D eigenvalue weighted by Crippen LogP contribution is -2.43. The quantitative estimate of drug-likeness (QED) is 0.718. The van der Waals surface area contributed by atoms with Crippen LogP contribution in [0, 0.1) is 17.3 Å². The zero-order chi connectivity index (χ0) is 13.3. The highest BCUT2D eigenvalue weighted by Crippen LogP contribution is 2.26. The van der Waals surface area contributed by atoms with Crippen molar-refractivity contribution in [3.63, 3.8) is 0 Å². The zero-order valence-electron chi connectivity index (χ0n) is 11.5. The number of hydrogen-bond acceptors (Lipinski definition) is 3. The second-order valence-electron chi connectivity index (χ2n) is 6.41. The van der Waals surface area contributed by atoms with Crippen molar-refractivity contribution in [1.82, 2.24) is 15.5 Å². The minimum absolute atomic E-state index is 0.0435. The number of rotatable bonds is 2. The summed E-state index contributed by atoms with van der Waals surface area (Å²) in [6.45, 7) is 9.37. The molecule has 0 unspecified atom stereocenters. The Kier molecular flexibility index (Phi) is 3.61. The van der Waals surface area contributed by atoms with Gasteiger partial charge in [0.1, 0.15) is 0 Å². The number of nitrogens with one attached hydrogen (secondary N) is 2. The number of carbonyl (C=O) groups excluding carboxylic acids is 2. The van der Waals surface area contributed by atoms with Gasteiger partial charge in [0.2, 0.25) is 11.8 Å². The molecule has 2 rings (SSSR count). The lowest BCUT2D eigenvalue weighted by atomic mass is 9.96. The molecule has 2 saturated heterocycles. The molecule has 0 aromatic heterocycles.